The number of hydrogen-bond donors (Lipinski definition) is 1. The third kappa shape index (κ3) is 4.73. The zero-order chi connectivity index (χ0) is 23.5. The Morgan fingerprint density at radius 1 is 1.18 bits per heavy atom. The van der Waals surface area contributed by atoms with Gasteiger partial charge in [0.1, 0.15) is 11.6 Å². The summed E-state index contributed by atoms with van der Waals surface area (Å²) in [5.41, 5.74) is 1.73. The minimum Gasteiger partial charge on any atom is -0.493 e. The Hall–Kier alpha value is -3.33. The lowest BCUT2D eigenvalue weighted by molar-refractivity contribution is -0.116. The number of ether oxygens (including phenoxy) is 2. The highest BCUT2D eigenvalue weighted by atomic mass is 32.2. The Labute approximate surface area is 194 Å². The standard InChI is InChI=1S/C24H24FN3O4S/c1-4-32-19-11-15(7-10-18(19)31-3)17-12-20(29)26-22-21(17)23(30)27-24(28(22)2)33-13-14-5-8-16(25)9-6-14/h5-11,17H,4,12-13H2,1-3H3,(H,26,29)/t17-/m1/s1. The van der Waals surface area contributed by atoms with Crippen molar-refractivity contribution in [3.63, 3.8) is 0 Å². The summed E-state index contributed by atoms with van der Waals surface area (Å²) >= 11 is 1.35. The molecule has 9 heteroatoms. The van der Waals surface area contributed by atoms with Crippen LogP contribution in [0.25, 0.3) is 0 Å². The maximum Gasteiger partial charge on any atom is 0.279 e. The molecule has 0 saturated carbocycles. The summed E-state index contributed by atoms with van der Waals surface area (Å²) < 4.78 is 25.9. The fourth-order valence-corrected chi connectivity index (χ4v) is 4.78. The molecule has 0 spiro atoms. The van der Waals surface area contributed by atoms with Crippen molar-refractivity contribution in [2.45, 2.75) is 30.2 Å². The molecule has 0 radical (unpaired) electrons. The van der Waals surface area contributed by atoms with Crippen molar-refractivity contribution in [2.24, 2.45) is 7.05 Å². The Balaban J connectivity index is 1.71. The zero-order valence-corrected chi connectivity index (χ0v) is 19.4. The van der Waals surface area contributed by atoms with Crippen LogP contribution >= 0.6 is 11.8 Å². The second-order valence-corrected chi connectivity index (χ2v) is 8.53. The minimum atomic E-state index is -0.457. The number of rotatable bonds is 7. The topological polar surface area (TPSA) is 82.5 Å². The average molecular weight is 470 g/mol. The number of halogens is 1. The van der Waals surface area contributed by atoms with Crippen LogP contribution in [0, 0.1) is 5.82 Å². The van der Waals surface area contributed by atoms with Gasteiger partial charge in [-0.15, -0.1) is 0 Å². The van der Waals surface area contributed by atoms with E-state index in [2.05, 4.69) is 10.3 Å². The number of carbonyl (C=O) groups excluding carboxylic acids is 1. The molecule has 1 aliphatic heterocycles. The average Bonchev–Trinajstić information content (AvgIpc) is 2.81. The lowest BCUT2D eigenvalue weighted by Gasteiger charge is -2.28. The maximum absolute atomic E-state index is 13.2. The van der Waals surface area contributed by atoms with E-state index in [0.717, 1.165) is 11.1 Å². The van der Waals surface area contributed by atoms with E-state index in [0.29, 0.717) is 40.4 Å². The second-order valence-electron chi connectivity index (χ2n) is 7.58. The Morgan fingerprint density at radius 3 is 2.64 bits per heavy atom. The van der Waals surface area contributed by atoms with Crippen LogP contribution < -0.4 is 20.3 Å². The Bertz CT molecular complexity index is 1240. The summed E-state index contributed by atoms with van der Waals surface area (Å²) in [6.07, 6.45) is 0.129. The number of carbonyl (C=O) groups is 1. The number of hydrogen-bond acceptors (Lipinski definition) is 6. The Morgan fingerprint density at radius 2 is 1.94 bits per heavy atom. The van der Waals surface area contributed by atoms with E-state index >= 15 is 0 Å². The fraction of sp³-hybridized carbons (Fsp3) is 0.292. The SMILES string of the molecule is CCOc1cc([C@H]2CC(=O)Nc3c2c(=O)nc(SCc2ccc(F)cc2)n3C)ccc1OC. The fourth-order valence-electron chi connectivity index (χ4n) is 3.86. The van der Waals surface area contributed by atoms with Crippen LogP contribution in [0.4, 0.5) is 10.2 Å². The monoisotopic (exact) mass is 469 g/mol. The van der Waals surface area contributed by atoms with Gasteiger partial charge < -0.3 is 19.4 Å². The highest BCUT2D eigenvalue weighted by Gasteiger charge is 2.32. The van der Waals surface area contributed by atoms with Crippen molar-refractivity contribution in [3.8, 4) is 11.5 Å². The maximum atomic E-state index is 13.2. The molecule has 4 rings (SSSR count). The van der Waals surface area contributed by atoms with Crippen LogP contribution in [-0.2, 0) is 17.6 Å². The smallest absolute Gasteiger partial charge is 0.279 e. The van der Waals surface area contributed by atoms with Crippen molar-refractivity contribution >= 4 is 23.5 Å². The summed E-state index contributed by atoms with van der Waals surface area (Å²) in [5.74, 6) is 1.14. The lowest BCUT2D eigenvalue weighted by atomic mass is 9.86. The Kier molecular flexibility index (Phi) is 6.69. The van der Waals surface area contributed by atoms with E-state index in [4.69, 9.17) is 9.47 Å². The summed E-state index contributed by atoms with van der Waals surface area (Å²) in [5, 5.41) is 3.31. The van der Waals surface area contributed by atoms with E-state index in [1.165, 1.54) is 23.9 Å². The first kappa shape index (κ1) is 22.8. The minimum absolute atomic E-state index is 0.129. The second kappa shape index (κ2) is 9.66. The molecule has 33 heavy (non-hydrogen) atoms. The molecular weight excluding hydrogens is 445 g/mol. The molecule has 0 aliphatic carbocycles. The summed E-state index contributed by atoms with van der Waals surface area (Å²) in [6, 6.07) is 11.6. The number of nitrogens with zero attached hydrogens (tertiary/aromatic N) is 2. The van der Waals surface area contributed by atoms with Gasteiger partial charge in [0.2, 0.25) is 5.91 Å². The number of nitrogens with one attached hydrogen (secondary N) is 1. The molecule has 1 atom stereocenters. The first-order valence-corrected chi connectivity index (χ1v) is 11.5. The van der Waals surface area contributed by atoms with Crippen LogP contribution in [0.2, 0.25) is 0 Å². The molecular formula is C24H24FN3O4S. The van der Waals surface area contributed by atoms with E-state index in [1.807, 2.05) is 19.1 Å². The molecule has 172 valence electrons. The number of thioether (sulfide) groups is 1. The predicted molar refractivity (Wildman–Crippen MR) is 125 cm³/mol. The van der Waals surface area contributed by atoms with E-state index in [-0.39, 0.29) is 23.7 Å². The molecule has 0 fully saturated rings. The van der Waals surface area contributed by atoms with Gasteiger partial charge in [0.25, 0.3) is 5.56 Å². The molecule has 7 nitrogen and oxygen atoms in total. The van der Waals surface area contributed by atoms with Crippen molar-refractivity contribution in [2.75, 3.05) is 19.0 Å². The third-order valence-electron chi connectivity index (χ3n) is 5.47. The summed E-state index contributed by atoms with van der Waals surface area (Å²) in [4.78, 5) is 30.0. The van der Waals surface area contributed by atoms with Crippen LogP contribution in [0.5, 0.6) is 11.5 Å². The predicted octanol–water partition coefficient (Wildman–Crippen LogP) is 4.09. The molecule has 2 heterocycles. The number of amides is 1. The molecule has 2 aromatic carbocycles. The van der Waals surface area contributed by atoms with Gasteiger partial charge in [0, 0.05) is 25.1 Å². The van der Waals surface area contributed by atoms with Gasteiger partial charge in [0.15, 0.2) is 16.7 Å². The van der Waals surface area contributed by atoms with Gasteiger partial charge in [-0.1, -0.05) is 30.0 Å². The number of anilines is 1. The van der Waals surface area contributed by atoms with Crippen molar-refractivity contribution in [1.29, 1.82) is 0 Å². The molecule has 1 aromatic heterocycles. The first-order valence-electron chi connectivity index (χ1n) is 10.5. The third-order valence-corrected chi connectivity index (χ3v) is 6.57. The van der Waals surface area contributed by atoms with Gasteiger partial charge in [-0.25, -0.2) is 4.39 Å². The first-order chi connectivity index (χ1) is 15.9. The molecule has 0 bridgehead atoms. The summed E-state index contributed by atoms with van der Waals surface area (Å²) in [7, 11) is 3.33. The molecule has 0 saturated heterocycles. The normalized spacial score (nSPS) is 15.0. The molecule has 1 N–H and O–H groups in total. The number of aromatic nitrogens is 2. The van der Waals surface area contributed by atoms with Gasteiger partial charge in [-0.2, -0.15) is 4.98 Å². The zero-order valence-electron chi connectivity index (χ0n) is 18.6. The number of fused-ring (bicyclic) bond motifs is 1. The van der Waals surface area contributed by atoms with Crippen LogP contribution in [0.1, 0.15) is 36.0 Å². The molecule has 0 unspecified atom stereocenters. The highest BCUT2D eigenvalue weighted by molar-refractivity contribution is 7.98. The van der Waals surface area contributed by atoms with Gasteiger partial charge in [0.05, 0.1) is 19.3 Å². The van der Waals surface area contributed by atoms with Gasteiger partial charge in [-0.05, 0) is 42.3 Å². The van der Waals surface area contributed by atoms with Gasteiger partial charge >= 0.3 is 0 Å². The highest BCUT2D eigenvalue weighted by Crippen LogP contribution is 2.39. The van der Waals surface area contributed by atoms with Crippen molar-refractivity contribution in [3.05, 3.63) is 75.3 Å². The van der Waals surface area contributed by atoms with Gasteiger partial charge in [-0.3, -0.25) is 9.59 Å². The van der Waals surface area contributed by atoms with Crippen molar-refractivity contribution < 1.29 is 18.7 Å². The van der Waals surface area contributed by atoms with Crippen molar-refractivity contribution in [1.82, 2.24) is 9.55 Å². The quantitative estimate of drug-likeness (QED) is 0.415. The van der Waals surface area contributed by atoms with E-state index in [1.54, 1.807) is 36.9 Å². The largest absolute Gasteiger partial charge is 0.493 e. The van der Waals surface area contributed by atoms with Crippen LogP contribution in [-0.4, -0.2) is 29.2 Å². The molecule has 1 aliphatic rings. The number of benzene rings is 2. The summed E-state index contributed by atoms with van der Waals surface area (Å²) in [6.45, 7) is 2.33. The lowest BCUT2D eigenvalue weighted by Crippen LogP contribution is -2.33. The van der Waals surface area contributed by atoms with Crippen LogP contribution in [0.15, 0.2) is 52.4 Å². The van der Waals surface area contributed by atoms with Crippen LogP contribution in [0.3, 0.4) is 0 Å². The molecule has 1 amide bonds. The van der Waals surface area contributed by atoms with E-state index < -0.39 is 5.92 Å². The molecule has 3 aromatic rings. The van der Waals surface area contributed by atoms with E-state index in [9.17, 15) is 14.0 Å². The number of methoxy groups -OCH3 is 1.